The highest BCUT2D eigenvalue weighted by Gasteiger charge is 2.27. The van der Waals surface area contributed by atoms with Gasteiger partial charge in [-0.25, -0.2) is 4.98 Å². The zero-order valence-electron chi connectivity index (χ0n) is 9.51. The van der Waals surface area contributed by atoms with Crippen LogP contribution in [-0.2, 0) is 17.9 Å². The fourth-order valence-corrected chi connectivity index (χ4v) is 1.87. The maximum absolute atomic E-state index is 11.8. The number of halogens is 3. The van der Waals surface area contributed by atoms with Crippen molar-refractivity contribution in [3.8, 4) is 0 Å². The Kier molecular flexibility index (Phi) is 5.87. The van der Waals surface area contributed by atoms with Crippen molar-refractivity contribution in [2.45, 2.75) is 32.7 Å². The van der Waals surface area contributed by atoms with Crippen LogP contribution in [-0.4, -0.2) is 24.3 Å². The molecule has 3 nitrogen and oxygen atoms in total. The van der Waals surface area contributed by atoms with E-state index >= 15 is 0 Å². The van der Waals surface area contributed by atoms with Crippen molar-refractivity contribution in [2.24, 2.45) is 0 Å². The quantitative estimate of drug-likeness (QED) is 0.772. The third kappa shape index (κ3) is 6.60. The summed E-state index contributed by atoms with van der Waals surface area (Å²) in [7, 11) is 0. The van der Waals surface area contributed by atoms with Crippen molar-refractivity contribution in [2.75, 3.05) is 13.2 Å². The molecule has 0 aliphatic heterocycles. The van der Waals surface area contributed by atoms with Gasteiger partial charge in [-0.05, 0) is 13.0 Å². The summed E-state index contributed by atoms with van der Waals surface area (Å²) in [6.45, 7) is 2.29. The third-order valence-electron chi connectivity index (χ3n) is 1.82. The lowest BCUT2D eigenvalue weighted by Crippen LogP contribution is -2.16. The molecular formula is C10H15F3N2OS. The van der Waals surface area contributed by atoms with Crippen LogP contribution in [0.2, 0.25) is 0 Å². The van der Waals surface area contributed by atoms with Crippen LogP contribution in [0.3, 0.4) is 0 Å². The average molecular weight is 268 g/mol. The van der Waals surface area contributed by atoms with Gasteiger partial charge in [0.2, 0.25) is 0 Å². The maximum atomic E-state index is 11.8. The number of hydrogen-bond acceptors (Lipinski definition) is 4. The van der Waals surface area contributed by atoms with E-state index < -0.39 is 12.8 Å². The normalized spacial score (nSPS) is 12.0. The smallest absolute Gasteiger partial charge is 0.365 e. The van der Waals surface area contributed by atoms with Crippen molar-refractivity contribution < 1.29 is 17.9 Å². The van der Waals surface area contributed by atoms with E-state index in [4.69, 9.17) is 0 Å². The number of alkyl halides is 3. The molecule has 0 aromatic carbocycles. The second-order valence-corrected chi connectivity index (χ2v) is 4.46. The van der Waals surface area contributed by atoms with E-state index in [1.807, 2.05) is 5.38 Å². The molecule has 0 radical (unpaired) electrons. The van der Waals surface area contributed by atoms with Crippen LogP contribution in [0, 0.1) is 0 Å². The Morgan fingerprint density at radius 1 is 1.47 bits per heavy atom. The van der Waals surface area contributed by atoms with Crippen molar-refractivity contribution in [3.63, 3.8) is 0 Å². The minimum absolute atomic E-state index is 0.0854. The summed E-state index contributed by atoms with van der Waals surface area (Å²) in [6, 6.07) is 0. The van der Waals surface area contributed by atoms with Gasteiger partial charge in [-0.3, -0.25) is 0 Å². The molecule has 1 aromatic heterocycles. The minimum atomic E-state index is -4.28. The summed E-state index contributed by atoms with van der Waals surface area (Å²) in [5.74, 6) is 0. The summed E-state index contributed by atoms with van der Waals surface area (Å²) in [6.07, 6.45) is -3.24. The number of ether oxygens (including phenoxy) is 1. The molecule has 17 heavy (non-hydrogen) atoms. The standard InChI is InChI=1S/C10H15F3N2OS/c1-2-3-14-4-8-6-17-9(15-8)5-16-7-10(11,12)13/h6,14H,2-5,7H2,1H3. The maximum Gasteiger partial charge on any atom is 0.411 e. The van der Waals surface area contributed by atoms with Crippen LogP contribution >= 0.6 is 11.3 Å². The Bertz CT molecular complexity index is 328. The summed E-state index contributed by atoms with van der Waals surface area (Å²) in [5.41, 5.74) is 0.842. The van der Waals surface area contributed by atoms with Gasteiger partial charge < -0.3 is 10.1 Å². The second-order valence-electron chi connectivity index (χ2n) is 3.52. The highest BCUT2D eigenvalue weighted by atomic mass is 32.1. The average Bonchev–Trinajstić information content (AvgIpc) is 2.64. The van der Waals surface area contributed by atoms with Crippen molar-refractivity contribution >= 4 is 11.3 Å². The first-order valence-electron chi connectivity index (χ1n) is 5.29. The molecule has 0 atom stereocenters. The number of rotatable bonds is 7. The fourth-order valence-electron chi connectivity index (χ4n) is 1.14. The molecule has 0 fully saturated rings. The number of nitrogens with one attached hydrogen (secondary N) is 1. The van der Waals surface area contributed by atoms with E-state index in [1.165, 1.54) is 11.3 Å². The van der Waals surface area contributed by atoms with Crippen LogP contribution in [0.15, 0.2) is 5.38 Å². The van der Waals surface area contributed by atoms with Gasteiger partial charge >= 0.3 is 6.18 Å². The minimum Gasteiger partial charge on any atom is -0.365 e. The van der Waals surface area contributed by atoms with E-state index in [9.17, 15) is 13.2 Å². The van der Waals surface area contributed by atoms with Gasteiger partial charge in [0, 0.05) is 11.9 Å². The highest BCUT2D eigenvalue weighted by Crippen LogP contribution is 2.17. The molecule has 98 valence electrons. The molecule has 0 unspecified atom stereocenters. The SMILES string of the molecule is CCCNCc1csc(COCC(F)(F)F)n1. The topological polar surface area (TPSA) is 34.1 Å². The van der Waals surface area contributed by atoms with Crippen LogP contribution < -0.4 is 5.32 Å². The Morgan fingerprint density at radius 3 is 2.88 bits per heavy atom. The Labute approximate surface area is 102 Å². The predicted molar refractivity (Wildman–Crippen MR) is 59.8 cm³/mol. The molecule has 0 saturated heterocycles. The molecule has 0 spiro atoms. The monoisotopic (exact) mass is 268 g/mol. The zero-order chi connectivity index (χ0) is 12.7. The molecule has 1 aromatic rings. The van der Waals surface area contributed by atoms with Crippen LogP contribution in [0.25, 0.3) is 0 Å². The van der Waals surface area contributed by atoms with E-state index in [1.54, 1.807) is 0 Å². The van der Waals surface area contributed by atoms with Crippen molar-refractivity contribution in [3.05, 3.63) is 16.1 Å². The molecule has 1 rings (SSSR count). The Morgan fingerprint density at radius 2 is 2.24 bits per heavy atom. The van der Waals surface area contributed by atoms with Gasteiger partial charge in [0.05, 0.1) is 12.3 Å². The molecule has 7 heteroatoms. The fraction of sp³-hybridized carbons (Fsp3) is 0.700. The van der Waals surface area contributed by atoms with Crippen molar-refractivity contribution in [1.29, 1.82) is 0 Å². The van der Waals surface area contributed by atoms with Crippen LogP contribution in [0.4, 0.5) is 13.2 Å². The summed E-state index contributed by atoms with van der Waals surface area (Å²) < 4.78 is 40.0. The van der Waals surface area contributed by atoms with Gasteiger partial charge in [-0.1, -0.05) is 6.92 Å². The lowest BCUT2D eigenvalue weighted by Gasteiger charge is -2.05. The van der Waals surface area contributed by atoms with Gasteiger partial charge in [-0.15, -0.1) is 11.3 Å². The van der Waals surface area contributed by atoms with Gasteiger partial charge in [0.1, 0.15) is 11.6 Å². The van der Waals surface area contributed by atoms with Crippen LogP contribution in [0.1, 0.15) is 24.0 Å². The molecule has 0 aliphatic rings. The van der Waals surface area contributed by atoms with Crippen LogP contribution in [0.5, 0.6) is 0 Å². The zero-order valence-corrected chi connectivity index (χ0v) is 10.3. The largest absolute Gasteiger partial charge is 0.411 e. The third-order valence-corrected chi connectivity index (χ3v) is 2.69. The Hall–Kier alpha value is -0.660. The molecule has 0 bridgehead atoms. The Balaban J connectivity index is 2.26. The van der Waals surface area contributed by atoms with E-state index in [0.29, 0.717) is 11.6 Å². The summed E-state index contributed by atoms with van der Waals surface area (Å²) in [5, 5.41) is 5.57. The van der Waals surface area contributed by atoms with Gasteiger partial charge in [0.15, 0.2) is 0 Å². The van der Waals surface area contributed by atoms with E-state index in [2.05, 4.69) is 22.0 Å². The molecule has 1 heterocycles. The first-order valence-corrected chi connectivity index (χ1v) is 6.17. The number of aromatic nitrogens is 1. The van der Waals surface area contributed by atoms with E-state index in [0.717, 1.165) is 18.7 Å². The molecule has 0 saturated carbocycles. The molecule has 0 amide bonds. The highest BCUT2D eigenvalue weighted by molar-refractivity contribution is 7.09. The summed E-state index contributed by atoms with van der Waals surface area (Å²) >= 11 is 1.31. The van der Waals surface area contributed by atoms with Crippen molar-refractivity contribution in [1.82, 2.24) is 10.3 Å². The summed E-state index contributed by atoms with van der Waals surface area (Å²) in [4.78, 5) is 4.17. The number of nitrogens with zero attached hydrogens (tertiary/aromatic N) is 1. The molecule has 0 aliphatic carbocycles. The first kappa shape index (κ1) is 14.4. The lowest BCUT2D eigenvalue weighted by molar-refractivity contribution is -0.176. The molecule has 1 N–H and O–H groups in total. The second kappa shape index (κ2) is 6.93. The number of hydrogen-bond donors (Lipinski definition) is 1. The van der Waals surface area contributed by atoms with Gasteiger partial charge in [-0.2, -0.15) is 13.2 Å². The first-order chi connectivity index (χ1) is 8.01. The van der Waals surface area contributed by atoms with Gasteiger partial charge in [0.25, 0.3) is 0 Å². The lowest BCUT2D eigenvalue weighted by atomic mass is 10.4. The van der Waals surface area contributed by atoms with E-state index in [-0.39, 0.29) is 6.61 Å². The predicted octanol–water partition coefficient (Wildman–Crippen LogP) is 2.72. The molecular weight excluding hydrogens is 253 g/mol. The number of thiazole rings is 1.